The topological polar surface area (TPSA) is 79.1 Å². The first-order valence-electron chi connectivity index (χ1n) is 12.5. The van der Waals surface area contributed by atoms with Gasteiger partial charge in [0.1, 0.15) is 23.9 Å². The fourth-order valence-corrected chi connectivity index (χ4v) is 4.79. The van der Waals surface area contributed by atoms with Crippen LogP contribution in [-0.2, 0) is 17.8 Å². The monoisotopic (exact) mass is 495 g/mol. The van der Waals surface area contributed by atoms with Crippen LogP contribution in [-0.4, -0.2) is 38.4 Å². The van der Waals surface area contributed by atoms with Gasteiger partial charge in [0.05, 0.1) is 26.0 Å². The van der Waals surface area contributed by atoms with Crippen LogP contribution in [0.2, 0.25) is 0 Å². The summed E-state index contributed by atoms with van der Waals surface area (Å²) in [6.45, 7) is 3.44. The Bertz CT molecular complexity index is 1420. The van der Waals surface area contributed by atoms with Gasteiger partial charge in [-0.05, 0) is 48.0 Å². The molecule has 1 saturated heterocycles. The van der Waals surface area contributed by atoms with E-state index in [9.17, 15) is 0 Å². The minimum Gasteiger partial charge on any atom is -0.497 e. The molecule has 2 aliphatic rings. The van der Waals surface area contributed by atoms with Gasteiger partial charge in [0.2, 0.25) is 5.88 Å². The standard InChI is InChI=1S/C30H29N3O4/c1-34-25-8-5-20(6-9-25)19-36-29-18-24(33-11-13-35-14-12-33)17-27(32-29)26-4-2-3-21-15-22-16-23(31)7-10-28(22)37-30(21)26/h2-10,16-18H,11-15,19,31H2,1H3. The number of morpholine rings is 1. The Kier molecular flexibility index (Phi) is 6.28. The molecule has 2 N–H and O–H groups in total. The zero-order valence-corrected chi connectivity index (χ0v) is 20.8. The van der Waals surface area contributed by atoms with E-state index in [1.165, 1.54) is 0 Å². The van der Waals surface area contributed by atoms with E-state index < -0.39 is 0 Å². The third-order valence-electron chi connectivity index (χ3n) is 6.76. The Morgan fingerprint density at radius 3 is 2.59 bits per heavy atom. The van der Waals surface area contributed by atoms with Gasteiger partial charge in [0.15, 0.2) is 0 Å². The quantitative estimate of drug-likeness (QED) is 0.314. The lowest BCUT2D eigenvalue weighted by molar-refractivity contribution is 0.122. The molecule has 0 bridgehead atoms. The number of nitrogens with zero attached hydrogens (tertiary/aromatic N) is 2. The van der Waals surface area contributed by atoms with Gasteiger partial charge < -0.3 is 29.6 Å². The molecule has 2 aliphatic heterocycles. The summed E-state index contributed by atoms with van der Waals surface area (Å²) in [6, 6.07) is 24.0. The van der Waals surface area contributed by atoms with Crippen molar-refractivity contribution in [1.29, 1.82) is 0 Å². The number of para-hydroxylation sites is 1. The van der Waals surface area contributed by atoms with Crippen LogP contribution in [0.3, 0.4) is 0 Å². The van der Waals surface area contributed by atoms with E-state index in [1.807, 2.05) is 48.5 Å². The highest BCUT2D eigenvalue weighted by Crippen LogP contribution is 2.43. The highest BCUT2D eigenvalue weighted by molar-refractivity contribution is 5.75. The van der Waals surface area contributed by atoms with Gasteiger partial charge in [-0.2, -0.15) is 0 Å². The predicted molar refractivity (Wildman–Crippen MR) is 144 cm³/mol. The van der Waals surface area contributed by atoms with Crippen LogP contribution in [0, 0.1) is 0 Å². The van der Waals surface area contributed by atoms with Gasteiger partial charge in [0.25, 0.3) is 0 Å². The molecule has 4 aromatic rings. The van der Waals surface area contributed by atoms with Crippen molar-refractivity contribution in [3.63, 3.8) is 0 Å². The maximum Gasteiger partial charge on any atom is 0.216 e. The molecule has 1 fully saturated rings. The number of hydrogen-bond acceptors (Lipinski definition) is 7. The van der Waals surface area contributed by atoms with Gasteiger partial charge in [-0.3, -0.25) is 0 Å². The Balaban J connectivity index is 1.35. The van der Waals surface area contributed by atoms with Crippen molar-refractivity contribution >= 4 is 11.4 Å². The molecule has 7 nitrogen and oxygen atoms in total. The van der Waals surface area contributed by atoms with E-state index in [0.717, 1.165) is 76.1 Å². The zero-order chi connectivity index (χ0) is 25.2. The molecule has 0 aliphatic carbocycles. The first-order valence-corrected chi connectivity index (χ1v) is 12.5. The molecule has 0 unspecified atom stereocenters. The second kappa shape index (κ2) is 10.0. The number of nitrogens with two attached hydrogens (primary N) is 1. The average molecular weight is 496 g/mol. The summed E-state index contributed by atoms with van der Waals surface area (Å²) in [6.07, 6.45) is 0.757. The summed E-state index contributed by atoms with van der Waals surface area (Å²) in [5.74, 6) is 3.04. The number of fused-ring (bicyclic) bond motifs is 2. The predicted octanol–water partition coefficient (Wildman–Crippen LogP) is 5.45. The Morgan fingerprint density at radius 1 is 0.946 bits per heavy atom. The maximum absolute atomic E-state index is 6.41. The number of benzene rings is 3. The zero-order valence-electron chi connectivity index (χ0n) is 20.8. The minimum absolute atomic E-state index is 0.404. The number of anilines is 2. The number of nitrogen functional groups attached to an aromatic ring is 1. The molecular formula is C30H29N3O4. The normalized spacial score (nSPS) is 14.4. The molecule has 1 aromatic heterocycles. The number of ether oxygens (including phenoxy) is 4. The third kappa shape index (κ3) is 4.90. The Morgan fingerprint density at radius 2 is 1.78 bits per heavy atom. The summed E-state index contributed by atoms with van der Waals surface area (Å²) in [5.41, 5.74) is 12.8. The summed E-state index contributed by atoms with van der Waals surface area (Å²) in [5, 5.41) is 0. The molecule has 3 heterocycles. The lowest BCUT2D eigenvalue weighted by Crippen LogP contribution is -2.36. The van der Waals surface area contributed by atoms with Crippen LogP contribution in [0.1, 0.15) is 16.7 Å². The van der Waals surface area contributed by atoms with E-state index in [1.54, 1.807) is 7.11 Å². The van der Waals surface area contributed by atoms with Crippen molar-refractivity contribution in [1.82, 2.24) is 4.98 Å². The second-order valence-corrected chi connectivity index (χ2v) is 9.22. The molecule has 3 aromatic carbocycles. The lowest BCUT2D eigenvalue weighted by atomic mass is 9.96. The number of aromatic nitrogens is 1. The first kappa shape index (κ1) is 23.2. The summed E-state index contributed by atoms with van der Waals surface area (Å²) < 4.78 is 23.5. The fraction of sp³-hybridized carbons (Fsp3) is 0.233. The molecule has 37 heavy (non-hydrogen) atoms. The van der Waals surface area contributed by atoms with Gasteiger partial charge in [-0.25, -0.2) is 4.98 Å². The molecule has 0 spiro atoms. The molecule has 0 saturated carbocycles. The summed E-state index contributed by atoms with van der Waals surface area (Å²) >= 11 is 0. The fourth-order valence-electron chi connectivity index (χ4n) is 4.79. The number of hydrogen-bond donors (Lipinski definition) is 1. The van der Waals surface area contributed by atoms with E-state index in [0.29, 0.717) is 25.7 Å². The van der Waals surface area contributed by atoms with Crippen LogP contribution >= 0.6 is 0 Å². The molecular weight excluding hydrogens is 466 g/mol. The van der Waals surface area contributed by atoms with Crippen LogP contribution in [0.25, 0.3) is 11.3 Å². The summed E-state index contributed by atoms with van der Waals surface area (Å²) in [7, 11) is 1.66. The maximum atomic E-state index is 6.41. The van der Waals surface area contributed by atoms with E-state index >= 15 is 0 Å². The van der Waals surface area contributed by atoms with Crippen molar-refractivity contribution in [2.24, 2.45) is 0 Å². The van der Waals surface area contributed by atoms with Crippen LogP contribution < -0.4 is 24.8 Å². The first-order chi connectivity index (χ1) is 18.2. The van der Waals surface area contributed by atoms with Crippen molar-refractivity contribution < 1.29 is 18.9 Å². The second-order valence-electron chi connectivity index (χ2n) is 9.22. The van der Waals surface area contributed by atoms with Gasteiger partial charge in [-0.1, -0.05) is 24.3 Å². The van der Waals surface area contributed by atoms with E-state index in [2.05, 4.69) is 29.2 Å². The van der Waals surface area contributed by atoms with Crippen molar-refractivity contribution in [3.05, 3.63) is 89.5 Å². The van der Waals surface area contributed by atoms with Crippen LogP contribution in [0.5, 0.6) is 23.1 Å². The number of pyridine rings is 1. The molecule has 6 rings (SSSR count). The van der Waals surface area contributed by atoms with Crippen LogP contribution in [0.15, 0.2) is 72.8 Å². The number of methoxy groups -OCH3 is 1. The Hall–Kier alpha value is -4.23. The largest absolute Gasteiger partial charge is 0.497 e. The molecule has 0 atom stereocenters. The average Bonchev–Trinajstić information content (AvgIpc) is 2.95. The highest BCUT2D eigenvalue weighted by atomic mass is 16.5. The Labute approximate surface area is 216 Å². The van der Waals surface area contributed by atoms with Crippen molar-refractivity contribution in [2.45, 2.75) is 13.0 Å². The van der Waals surface area contributed by atoms with E-state index in [-0.39, 0.29) is 0 Å². The van der Waals surface area contributed by atoms with Crippen LogP contribution in [0.4, 0.5) is 11.4 Å². The highest BCUT2D eigenvalue weighted by Gasteiger charge is 2.23. The van der Waals surface area contributed by atoms with Crippen molar-refractivity contribution in [2.75, 3.05) is 44.0 Å². The smallest absolute Gasteiger partial charge is 0.216 e. The number of rotatable bonds is 6. The molecule has 0 amide bonds. The third-order valence-corrected chi connectivity index (χ3v) is 6.76. The summed E-state index contributed by atoms with van der Waals surface area (Å²) in [4.78, 5) is 7.23. The molecule has 188 valence electrons. The lowest BCUT2D eigenvalue weighted by Gasteiger charge is -2.29. The van der Waals surface area contributed by atoms with E-state index in [4.69, 9.17) is 29.7 Å². The van der Waals surface area contributed by atoms with Gasteiger partial charge in [-0.15, -0.1) is 0 Å². The van der Waals surface area contributed by atoms with Crippen molar-refractivity contribution in [3.8, 4) is 34.4 Å². The SMILES string of the molecule is COc1ccc(COc2cc(N3CCOCC3)cc(-c3cccc4c3Oc3ccc(N)cc3C4)n2)cc1. The molecule has 7 heteroatoms. The van der Waals surface area contributed by atoms with Gasteiger partial charge in [0, 0.05) is 53.6 Å². The van der Waals surface area contributed by atoms with Gasteiger partial charge >= 0.3 is 0 Å². The minimum atomic E-state index is 0.404. The molecule has 0 radical (unpaired) electrons.